The van der Waals surface area contributed by atoms with Gasteiger partial charge in [-0.15, -0.1) is 0 Å². The predicted molar refractivity (Wildman–Crippen MR) is 61.3 cm³/mol. The standard InChI is InChI=1S/C11H16N4O/c1-11(3-4-11)7-14-10(16)8-5-13-6-9(12-2)15-8/h5-6H,3-4,7H2,1-2H3,(H,12,15)(H,14,16). The van der Waals surface area contributed by atoms with Crippen molar-refractivity contribution in [3.63, 3.8) is 0 Å². The molecule has 0 unspecified atom stereocenters. The van der Waals surface area contributed by atoms with E-state index in [1.165, 1.54) is 19.0 Å². The minimum absolute atomic E-state index is 0.155. The number of rotatable bonds is 4. The monoisotopic (exact) mass is 220 g/mol. The molecule has 1 saturated carbocycles. The van der Waals surface area contributed by atoms with Gasteiger partial charge in [-0.05, 0) is 18.3 Å². The molecule has 0 aromatic carbocycles. The quantitative estimate of drug-likeness (QED) is 0.796. The summed E-state index contributed by atoms with van der Waals surface area (Å²) in [5.41, 5.74) is 0.667. The van der Waals surface area contributed by atoms with Crippen molar-refractivity contribution in [1.29, 1.82) is 0 Å². The Kier molecular flexibility index (Phi) is 2.77. The lowest BCUT2D eigenvalue weighted by atomic mass is 10.1. The van der Waals surface area contributed by atoms with Crippen molar-refractivity contribution >= 4 is 11.7 Å². The summed E-state index contributed by atoms with van der Waals surface area (Å²) < 4.78 is 0. The van der Waals surface area contributed by atoms with Crippen molar-refractivity contribution in [3.8, 4) is 0 Å². The largest absolute Gasteiger partial charge is 0.372 e. The number of carbonyl (C=O) groups excluding carboxylic acids is 1. The Morgan fingerprint density at radius 1 is 1.50 bits per heavy atom. The third-order valence-corrected chi connectivity index (χ3v) is 2.90. The van der Waals surface area contributed by atoms with Gasteiger partial charge in [0.1, 0.15) is 11.5 Å². The van der Waals surface area contributed by atoms with Crippen LogP contribution in [0.3, 0.4) is 0 Å². The topological polar surface area (TPSA) is 66.9 Å². The summed E-state index contributed by atoms with van der Waals surface area (Å²) in [5.74, 6) is 0.447. The molecule has 86 valence electrons. The molecule has 2 rings (SSSR count). The molecule has 1 aromatic rings. The molecule has 1 aromatic heterocycles. The molecule has 5 nitrogen and oxygen atoms in total. The van der Waals surface area contributed by atoms with Gasteiger partial charge in [-0.3, -0.25) is 9.78 Å². The fourth-order valence-corrected chi connectivity index (χ4v) is 1.37. The van der Waals surface area contributed by atoms with Crippen LogP contribution in [0.4, 0.5) is 5.82 Å². The van der Waals surface area contributed by atoms with E-state index in [2.05, 4.69) is 27.5 Å². The van der Waals surface area contributed by atoms with E-state index in [0.29, 0.717) is 16.9 Å². The molecule has 0 atom stereocenters. The Morgan fingerprint density at radius 3 is 2.88 bits per heavy atom. The van der Waals surface area contributed by atoms with Crippen LogP contribution in [0, 0.1) is 5.41 Å². The van der Waals surface area contributed by atoms with Gasteiger partial charge in [0.25, 0.3) is 5.91 Å². The average Bonchev–Trinajstić information content (AvgIpc) is 3.05. The molecule has 0 radical (unpaired) electrons. The van der Waals surface area contributed by atoms with E-state index in [0.717, 1.165) is 6.54 Å². The molecule has 1 aliphatic rings. The Hall–Kier alpha value is -1.65. The molecule has 5 heteroatoms. The van der Waals surface area contributed by atoms with Crippen molar-refractivity contribution in [1.82, 2.24) is 15.3 Å². The number of anilines is 1. The van der Waals surface area contributed by atoms with Gasteiger partial charge in [-0.25, -0.2) is 4.98 Å². The molecule has 16 heavy (non-hydrogen) atoms. The highest BCUT2D eigenvalue weighted by atomic mass is 16.1. The maximum Gasteiger partial charge on any atom is 0.271 e. The predicted octanol–water partition coefficient (Wildman–Crippen LogP) is 1.05. The minimum atomic E-state index is -0.155. The first-order valence-electron chi connectivity index (χ1n) is 5.41. The van der Waals surface area contributed by atoms with Crippen LogP contribution in [0.15, 0.2) is 12.4 Å². The zero-order valence-corrected chi connectivity index (χ0v) is 9.58. The number of nitrogens with one attached hydrogen (secondary N) is 2. The highest BCUT2D eigenvalue weighted by Gasteiger charge is 2.37. The second kappa shape index (κ2) is 4.08. The van der Waals surface area contributed by atoms with Crippen LogP contribution in [-0.4, -0.2) is 29.5 Å². The molecule has 0 spiro atoms. The van der Waals surface area contributed by atoms with Gasteiger partial charge in [-0.1, -0.05) is 6.92 Å². The van der Waals surface area contributed by atoms with Crippen molar-refractivity contribution in [2.45, 2.75) is 19.8 Å². The zero-order chi connectivity index (χ0) is 11.6. The van der Waals surface area contributed by atoms with Crippen LogP contribution < -0.4 is 10.6 Å². The van der Waals surface area contributed by atoms with Crippen molar-refractivity contribution < 1.29 is 4.79 Å². The van der Waals surface area contributed by atoms with Crippen molar-refractivity contribution in [2.24, 2.45) is 5.41 Å². The van der Waals surface area contributed by atoms with E-state index in [1.54, 1.807) is 13.2 Å². The molecule has 1 fully saturated rings. The van der Waals surface area contributed by atoms with E-state index < -0.39 is 0 Å². The van der Waals surface area contributed by atoms with Crippen LogP contribution in [-0.2, 0) is 0 Å². The van der Waals surface area contributed by atoms with Gasteiger partial charge < -0.3 is 10.6 Å². The lowest BCUT2D eigenvalue weighted by Gasteiger charge is -2.09. The van der Waals surface area contributed by atoms with Gasteiger partial charge >= 0.3 is 0 Å². The first kappa shape index (κ1) is 10.9. The molecule has 0 aliphatic heterocycles. The third-order valence-electron chi connectivity index (χ3n) is 2.90. The lowest BCUT2D eigenvalue weighted by molar-refractivity contribution is 0.0941. The molecule has 1 heterocycles. The molecular formula is C11H16N4O. The van der Waals surface area contributed by atoms with Gasteiger partial charge in [-0.2, -0.15) is 0 Å². The first-order valence-corrected chi connectivity index (χ1v) is 5.41. The summed E-state index contributed by atoms with van der Waals surface area (Å²) in [5, 5.41) is 5.74. The summed E-state index contributed by atoms with van der Waals surface area (Å²) in [7, 11) is 1.75. The first-order chi connectivity index (χ1) is 7.63. The number of nitrogens with zero attached hydrogens (tertiary/aromatic N) is 2. The van der Waals surface area contributed by atoms with Crippen molar-refractivity contribution in [2.75, 3.05) is 18.9 Å². The average molecular weight is 220 g/mol. The van der Waals surface area contributed by atoms with Crippen LogP contribution >= 0.6 is 0 Å². The molecule has 1 aliphatic carbocycles. The number of aromatic nitrogens is 2. The molecule has 1 amide bonds. The van der Waals surface area contributed by atoms with Crippen LogP contribution in [0.5, 0.6) is 0 Å². The minimum Gasteiger partial charge on any atom is -0.372 e. The Bertz CT molecular complexity index is 401. The number of amides is 1. The molecular weight excluding hydrogens is 204 g/mol. The number of carbonyl (C=O) groups is 1. The third kappa shape index (κ3) is 2.48. The summed E-state index contributed by atoms with van der Waals surface area (Å²) in [6, 6.07) is 0. The molecule has 0 bridgehead atoms. The van der Waals surface area contributed by atoms with Gasteiger partial charge in [0, 0.05) is 13.6 Å². The summed E-state index contributed by atoms with van der Waals surface area (Å²) in [6.07, 6.45) is 5.44. The van der Waals surface area contributed by atoms with Gasteiger partial charge in [0.2, 0.25) is 0 Å². The van der Waals surface area contributed by atoms with E-state index in [9.17, 15) is 4.79 Å². The smallest absolute Gasteiger partial charge is 0.271 e. The van der Waals surface area contributed by atoms with Crippen molar-refractivity contribution in [3.05, 3.63) is 18.1 Å². The summed E-state index contributed by atoms with van der Waals surface area (Å²) in [6.45, 7) is 2.89. The second-order valence-electron chi connectivity index (χ2n) is 4.53. The Morgan fingerprint density at radius 2 is 2.25 bits per heavy atom. The molecule has 0 saturated heterocycles. The van der Waals surface area contributed by atoms with E-state index in [4.69, 9.17) is 0 Å². The Labute approximate surface area is 94.7 Å². The van der Waals surface area contributed by atoms with Crippen LogP contribution in [0.1, 0.15) is 30.3 Å². The normalized spacial score (nSPS) is 16.6. The fraction of sp³-hybridized carbons (Fsp3) is 0.545. The lowest BCUT2D eigenvalue weighted by Crippen LogP contribution is -2.29. The number of hydrogen-bond acceptors (Lipinski definition) is 4. The van der Waals surface area contributed by atoms with E-state index in [-0.39, 0.29) is 5.91 Å². The SMILES string of the molecule is CNc1cncc(C(=O)NCC2(C)CC2)n1. The summed E-state index contributed by atoms with van der Waals surface area (Å²) in [4.78, 5) is 19.8. The highest BCUT2D eigenvalue weighted by molar-refractivity contribution is 5.92. The van der Waals surface area contributed by atoms with E-state index in [1.807, 2.05) is 0 Å². The maximum absolute atomic E-state index is 11.7. The maximum atomic E-state index is 11.7. The van der Waals surface area contributed by atoms with Gasteiger partial charge in [0.05, 0.1) is 12.4 Å². The Balaban J connectivity index is 1.97. The number of hydrogen-bond donors (Lipinski definition) is 2. The van der Waals surface area contributed by atoms with Crippen LogP contribution in [0.2, 0.25) is 0 Å². The second-order valence-corrected chi connectivity index (χ2v) is 4.53. The van der Waals surface area contributed by atoms with Gasteiger partial charge in [0.15, 0.2) is 0 Å². The highest BCUT2D eigenvalue weighted by Crippen LogP contribution is 2.44. The molecule has 2 N–H and O–H groups in total. The fourth-order valence-electron chi connectivity index (χ4n) is 1.37. The van der Waals surface area contributed by atoms with Crippen LogP contribution in [0.25, 0.3) is 0 Å². The summed E-state index contributed by atoms with van der Waals surface area (Å²) >= 11 is 0. The van der Waals surface area contributed by atoms with E-state index >= 15 is 0 Å². The zero-order valence-electron chi connectivity index (χ0n) is 9.58.